The fourth-order valence-electron chi connectivity index (χ4n) is 1.27. The van der Waals surface area contributed by atoms with Crippen LogP contribution in [0.25, 0.3) is 17.1 Å². The number of esters is 1. The average Bonchev–Trinajstić information content (AvgIpc) is 2.72. The van der Waals surface area contributed by atoms with E-state index in [0.29, 0.717) is 0 Å². The zero-order chi connectivity index (χ0) is 10.7. The molecule has 0 spiro atoms. The molecular formula is C11H10N2O2. The van der Waals surface area contributed by atoms with Gasteiger partial charge in [-0.25, -0.2) is 4.79 Å². The van der Waals surface area contributed by atoms with E-state index in [4.69, 9.17) is 0 Å². The first-order valence-corrected chi connectivity index (χ1v) is 4.49. The number of hydrogen-bond acceptors (Lipinski definition) is 3. The number of hydrogen-bond donors (Lipinski definition) is 1. The van der Waals surface area contributed by atoms with Crippen LogP contribution in [-0.4, -0.2) is 23.0 Å². The zero-order valence-electron chi connectivity index (χ0n) is 8.23. The van der Waals surface area contributed by atoms with Crippen molar-refractivity contribution in [3.8, 4) is 0 Å². The van der Waals surface area contributed by atoms with Crippen LogP contribution >= 0.6 is 0 Å². The van der Waals surface area contributed by atoms with Gasteiger partial charge in [0.25, 0.3) is 0 Å². The number of carbonyl (C=O) groups excluding carboxylic acids is 1. The molecule has 0 unspecified atom stereocenters. The van der Waals surface area contributed by atoms with Gasteiger partial charge in [0.15, 0.2) is 0 Å². The summed E-state index contributed by atoms with van der Waals surface area (Å²) in [5.41, 5.74) is 2.71. The van der Waals surface area contributed by atoms with Gasteiger partial charge in [-0.1, -0.05) is 0 Å². The summed E-state index contributed by atoms with van der Waals surface area (Å²) in [7, 11) is 1.35. The molecule has 0 aliphatic rings. The van der Waals surface area contributed by atoms with Crippen LogP contribution in [0.3, 0.4) is 0 Å². The lowest BCUT2D eigenvalue weighted by atomic mass is 10.2. The maximum absolute atomic E-state index is 10.9. The number of pyridine rings is 1. The molecule has 1 N–H and O–H groups in total. The molecule has 0 aliphatic carbocycles. The second kappa shape index (κ2) is 3.96. The highest BCUT2D eigenvalue weighted by molar-refractivity contribution is 5.87. The molecular weight excluding hydrogens is 192 g/mol. The fourth-order valence-corrected chi connectivity index (χ4v) is 1.27. The number of rotatable bonds is 2. The lowest BCUT2D eigenvalue weighted by Crippen LogP contribution is -1.93. The van der Waals surface area contributed by atoms with Gasteiger partial charge in [-0.05, 0) is 23.8 Å². The minimum Gasteiger partial charge on any atom is -0.466 e. The Hall–Kier alpha value is -2.10. The van der Waals surface area contributed by atoms with E-state index in [0.717, 1.165) is 16.6 Å². The lowest BCUT2D eigenvalue weighted by molar-refractivity contribution is -0.134. The highest BCUT2D eigenvalue weighted by atomic mass is 16.5. The molecule has 4 nitrogen and oxygen atoms in total. The minimum absolute atomic E-state index is 0.374. The summed E-state index contributed by atoms with van der Waals surface area (Å²) in [5, 5.41) is 0. The summed E-state index contributed by atoms with van der Waals surface area (Å²) in [5.74, 6) is -0.374. The smallest absolute Gasteiger partial charge is 0.330 e. The topological polar surface area (TPSA) is 55.0 Å². The van der Waals surface area contributed by atoms with Crippen molar-refractivity contribution in [1.29, 1.82) is 0 Å². The normalized spacial score (nSPS) is 11.0. The third kappa shape index (κ3) is 2.04. The highest BCUT2D eigenvalue weighted by Gasteiger charge is 1.96. The molecule has 2 aromatic heterocycles. The maximum Gasteiger partial charge on any atom is 0.330 e. The Bertz CT molecular complexity index is 514. The van der Waals surface area contributed by atoms with Gasteiger partial charge < -0.3 is 9.72 Å². The molecule has 0 bridgehead atoms. The van der Waals surface area contributed by atoms with Gasteiger partial charge in [-0.2, -0.15) is 0 Å². The molecule has 0 saturated heterocycles. The van der Waals surface area contributed by atoms with Crippen LogP contribution < -0.4 is 0 Å². The van der Waals surface area contributed by atoms with Gasteiger partial charge in [-0.3, -0.25) is 4.98 Å². The molecule has 15 heavy (non-hydrogen) atoms. The first-order valence-electron chi connectivity index (χ1n) is 4.49. The van der Waals surface area contributed by atoms with E-state index in [2.05, 4.69) is 14.7 Å². The first-order chi connectivity index (χ1) is 7.29. The van der Waals surface area contributed by atoms with E-state index in [9.17, 15) is 4.79 Å². The Kier molecular flexibility index (Phi) is 2.49. The summed E-state index contributed by atoms with van der Waals surface area (Å²) in [6.45, 7) is 0. The van der Waals surface area contributed by atoms with Crippen molar-refractivity contribution in [1.82, 2.24) is 9.97 Å². The van der Waals surface area contributed by atoms with Gasteiger partial charge in [-0.15, -0.1) is 0 Å². The number of nitrogens with one attached hydrogen (secondary N) is 1. The third-order valence-electron chi connectivity index (χ3n) is 2.03. The van der Waals surface area contributed by atoms with Crippen LogP contribution in [-0.2, 0) is 9.53 Å². The van der Waals surface area contributed by atoms with Crippen molar-refractivity contribution >= 4 is 23.1 Å². The molecule has 2 heterocycles. The molecule has 0 aliphatic heterocycles. The number of fused-ring (bicyclic) bond motifs is 1. The second-order valence-electron chi connectivity index (χ2n) is 3.04. The predicted molar refractivity (Wildman–Crippen MR) is 57.1 cm³/mol. The summed E-state index contributed by atoms with van der Waals surface area (Å²) in [6, 6.07) is 3.81. The Morgan fingerprint density at radius 1 is 1.60 bits per heavy atom. The third-order valence-corrected chi connectivity index (χ3v) is 2.03. The molecule has 0 aromatic carbocycles. The second-order valence-corrected chi connectivity index (χ2v) is 3.04. The SMILES string of the molecule is COC(=O)C=Cc1cnc2cc[nH]c2c1. The van der Waals surface area contributed by atoms with Gasteiger partial charge in [0.2, 0.25) is 0 Å². The Balaban J connectivity index is 2.28. The van der Waals surface area contributed by atoms with E-state index in [1.807, 2.05) is 18.3 Å². The summed E-state index contributed by atoms with van der Waals surface area (Å²) >= 11 is 0. The monoisotopic (exact) mass is 202 g/mol. The van der Waals surface area contributed by atoms with Crippen molar-refractivity contribution in [2.24, 2.45) is 0 Å². The number of H-pyrrole nitrogens is 1. The summed E-state index contributed by atoms with van der Waals surface area (Å²) in [6.07, 6.45) is 6.56. The van der Waals surface area contributed by atoms with Crippen LogP contribution in [0, 0.1) is 0 Å². The average molecular weight is 202 g/mol. The van der Waals surface area contributed by atoms with Crippen molar-refractivity contribution < 1.29 is 9.53 Å². The molecule has 0 amide bonds. The number of methoxy groups -OCH3 is 1. The number of carbonyl (C=O) groups is 1. The standard InChI is InChI=1S/C11H10N2O2/c1-15-11(14)3-2-8-6-10-9(13-7-8)4-5-12-10/h2-7,12H,1H3. The van der Waals surface area contributed by atoms with Gasteiger partial charge >= 0.3 is 5.97 Å². The van der Waals surface area contributed by atoms with E-state index in [1.165, 1.54) is 13.2 Å². The van der Waals surface area contributed by atoms with Crippen molar-refractivity contribution in [3.05, 3.63) is 36.2 Å². The molecule has 4 heteroatoms. The van der Waals surface area contributed by atoms with E-state index >= 15 is 0 Å². The molecule has 0 saturated carbocycles. The molecule has 0 radical (unpaired) electrons. The van der Waals surface area contributed by atoms with Gasteiger partial charge in [0, 0.05) is 18.5 Å². The molecule has 2 aromatic rings. The molecule has 0 fully saturated rings. The van der Waals surface area contributed by atoms with Crippen LogP contribution in [0.15, 0.2) is 30.6 Å². The maximum atomic E-state index is 10.9. The quantitative estimate of drug-likeness (QED) is 0.596. The van der Waals surface area contributed by atoms with Crippen LogP contribution in [0.5, 0.6) is 0 Å². The molecule has 76 valence electrons. The van der Waals surface area contributed by atoms with Gasteiger partial charge in [0.1, 0.15) is 0 Å². The zero-order valence-corrected chi connectivity index (χ0v) is 8.23. The Labute approximate surface area is 86.6 Å². The highest BCUT2D eigenvalue weighted by Crippen LogP contribution is 2.11. The largest absolute Gasteiger partial charge is 0.466 e. The first kappa shape index (κ1) is 9.45. The fraction of sp³-hybridized carbons (Fsp3) is 0.0909. The minimum atomic E-state index is -0.374. The molecule has 2 rings (SSSR count). The van der Waals surface area contributed by atoms with E-state index < -0.39 is 0 Å². The van der Waals surface area contributed by atoms with Crippen molar-refractivity contribution in [2.45, 2.75) is 0 Å². The van der Waals surface area contributed by atoms with Crippen molar-refractivity contribution in [2.75, 3.05) is 7.11 Å². The Morgan fingerprint density at radius 3 is 3.27 bits per heavy atom. The number of aromatic amines is 1. The summed E-state index contributed by atoms with van der Waals surface area (Å²) < 4.78 is 4.49. The number of ether oxygens (including phenoxy) is 1. The van der Waals surface area contributed by atoms with Crippen LogP contribution in [0.4, 0.5) is 0 Å². The van der Waals surface area contributed by atoms with Crippen LogP contribution in [0.2, 0.25) is 0 Å². The lowest BCUT2D eigenvalue weighted by Gasteiger charge is -1.93. The van der Waals surface area contributed by atoms with Crippen molar-refractivity contribution in [3.63, 3.8) is 0 Å². The summed E-state index contributed by atoms with van der Waals surface area (Å²) in [4.78, 5) is 18.1. The van der Waals surface area contributed by atoms with Crippen LogP contribution in [0.1, 0.15) is 5.56 Å². The van der Waals surface area contributed by atoms with E-state index in [-0.39, 0.29) is 5.97 Å². The Morgan fingerprint density at radius 2 is 2.47 bits per heavy atom. The number of nitrogens with zero attached hydrogens (tertiary/aromatic N) is 1. The number of aromatic nitrogens is 2. The molecule has 0 atom stereocenters. The van der Waals surface area contributed by atoms with Gasteiger partial charge in [0.05, 0.1) is 18.1 Å². The predicted octanol–water partition coefficient (Wildman–Crippen LogP) is 1.75. The van der Waals surface area contributed by atoms with E-state index in [1.54, 1.807) is 12.3 Å².